The molecule has 0 radical (unpaired) electrons. The lowest BCUT2D eigenvalue weighted by Gasteiger charge is -2.12. The number of rotatable bonds is 8. The lowest BCUT2D eigenvalue weighted by atomic mass is 10.5. The van der Waals surface area contributed by atoms with Gasteiger partial charge in [-0.15, -0.1) is 0 Å². The van der Waals surface area contributed by atoms with Crippen LogP contribution >= 0.6 is 0 Å². The van der Waals surface area contributed by atoms with E-state index in [4.69, 9.17) is 14.2 Å². The van der Waals surface area contributed by atoms with Gasteiger partial charge in [-0.2, -0.15) is 0 Å². The second-order valence-electron chi connectivity index (χ2n) is 2.38. The zero-order valence-corrected chi connectivity index (χ0v) is 8.36. The third-order valence-electron chi connectivity index (χ3n) is 1.33. The number of ether oxygens (including phenoxy) is 3. The zero-order chi connectivity index (χ0) is 9.94. The molecule has 1 atom stereocenters. The van der Waals surface area contributed by atoms with E-state index in [1.807, 2.05) is 26.0 Å². The summed E-state index contributed by atoms with van der Waals surface area (Å²) >= 11 is 0. The van der Waals surface area contributed by atoms with Gasteiger partial charge in [-0.05, 0) is 13.8 Å². The first-order valence-electron chi connectivity index (χ1n) is 4.38. The molecule has 0 saturated heterocycles. The molecule has 0 aliphatic heterocycles. The maximum atomic E-state index is 5.27. The Bertz CT molecular complexity index is 143. The van der Waals surface area contributed by atoms with E-state index in [2.05, 4.69) is 6.58 Å². The standard InChI is InChI=1S/C10H18O3/c1-4-6-7-12-10(3)13-9-8-11-5-2/h4-6,10H,2,7-9H2,1,3H3. The van der Waals surface area contributed by atoms with Crippen LogP contribution in [0.15, 0.2) is 25.0 Å². The van der Waals surface area contributed by atoms with Crippen molar-refractivity contribution in [2.75, 3.05) is 19.8 Å². The molecule has 0 saturated carbocycles. The Hall–Kier alpha value is -0.800. The molecule has 0 amide bonds. The van der Waals surface area contributed by atoms with Crippen LogP contribution in [0.1, 0.15) is 13.8 Å². The summed E-state index contributed by atoms with van der Waals surface area (Å²) in [4.78, 5) is 0. The second-order valence-corrected chi connectivity index (χ2v) is 2.38. The lowest BCUT2D eigenvalue weighted by molar-refractivity contribution is -0.128. The average molecular weight is 186 g/mol. The van der Waals surface area contributed by atoms with Gasteiger partial charge in [-0.1, -0.05) is 18.7 Å². The molecule has 0 spiro atoms. The van der Waals surface area contributed by atoms with Crippen molar-refractivity contribution in [2.24, 2.45) is 0 Å². The minimum Gasteiger partial charge on any atom is -0.499 e. The molecule has 0 aliphatic carbocycles. The predicted molar refractivity (Wildman–Crippen MR) is 52.3 cm³/mol. The highest BCUT2D eigenvalue weighted by Gasteiger charge is 1.98. The van der Waals surface area contributed by atoms with Gasteiger partial charge in [-0.25, -0.2) is 0 Å². The van der Waals surface area contributed by atoms with Crippen molar-refractivity contribution in [3.05, 3.63) is 25.0 Å². The van der Waals surface area contributed by atoms with Gasteiger partial charge in [0, 0.05) is 0 Å². The van der Waals surface area contributed by atoms with Crippen LogP contribution in [0.2, 0.25) is 0 Å². The minimum absolute atomic E-state index is 0.190. The Morgan fingerprint density at radius 1 is 1.31 bits per heavy atom. The van der Waals surface area contributed by atoms with Gasteiger partial charge in [0.1, 0.15) is 6.61 Å². The third kappa shape index (κ3) is 9.11. The molecule has 0 fully saturated rings. The Labute approximate surface area is 80.0 Å². The molecule has 1 unspecified atom stereocenters. The summed E-state index contributed by atoms with van der Waals surface area (Å²) in [5.41, 5.74) is 0. The molecule has 13 heavy (non-hydrogen) atoms. The number of hydrogen-bond acceptors (Lipinski definition) is 3. The van der Waals surface area contributed by atoms with Crippen molar-refractivity contribution in [1.82, 2.24) is 0 Å². The molecule has 3 nitrogen and oxygen atoms in total. The van der Waals surface area contributed by atoms with Crippen LogP contribution in [-0.4, -0.2) is 26.1 Å². The zero-order valence-electron chi connectivity index (χ0n) is 8.36. The molecule has 0 N–H and O–H groups in total. The summed E-state index contributed by atoms with van der Waals surface area (Å²) in [5.74, 6) is 0. The first kappa shape index (κ1) is 12.2. The average Bonchev–Trinajstić information content (AvgIpc) is 2.13. The molecule has 0 aromatic carbocycles. The predicted octanol–water partition coefficient (Wildman–Crippen LogP) is 2.10. The summed E-state index contributed by atoms with van der Waals surface area (Å²) in [5, 5.41) is 0. The van der Waals surface area contributed by atoms with Gasteiger partial charge < -0.3 is 14.2 Å². The largest absolute Gasteiger partial charge is 0.499 e. The molecular formula is C10H18O3. The summed E-state index contributed by atoms with van der Waals surface area (Å²) < 4.78 is 15.4. The van der Waals surface area contributed by atoms with Gasteiger partial charge in [0.05, 0.1) is 19.5 Å². The first-order valence-corrected chi connectivity index (χ1v) is 4.38. The highest BCUT2D eigenvalue weighted by molar-refractivity contribution is 4.75. The van der Waals surface area contributed by atoms with E-state index in [0.29, 0.717) is 19.8 Å². The fourth-order valence-corrected chi connectivity index (χ4v) is 0.681. The monoisotopic (exact) mass is 186 g/mol. The molecule has 76 valence electrons. The normalized spacial score (nSPS) is 13.1. The maximum Gasteiger partial charge on any atom is 0.155 e. The Kier molecular flexibility index (Phi) is 8.72. The minimum atomic E-state index is -0.190. The fraction of sp³-hybridized carbons (Fsp3) is 0.600. The second kappa shape index (κ2) is 9.29. The highest BCUT2D eigenvalue weighted by atomic mass is 16.7. The van der Waals surface area contributed by atoms with E-state index < -0.39 is 0 Å². The van der Waals surface area contributed by atoms with Crippen molar-refractivity contribution < 1.29 is 14.2 Å². The van der Waals surface area contributed by atoms with Crippen LogP contribution in [0.4, 0.5) is 0 Å². The van der Waals surface area contributed by atoms with E-state index in [1.165, 1.54) is 6.26 Å². The first-order chi connectivity index (χ1) is 6.31. The van der Waals surface area contributed by atoms with Gasteiger partial charge in [0.25, 0.3) is 0 Å². The van der Waals surface area contributed by atoms with Crippen LogP contribution in [-0.2, 0) is 14.2 Å². The van der Waals surface area contributed by atoms with E-state index in [-0.39, 0.29) is 6.29 Å². The molecule has 3 heteroatoms. The van der Waals surface area contributed by atoms with Crippen molar-refractivity contribution in [1.29, 1.82) is 0 Å². The lowest BCUT2D eigenvalue weighted by Crippen LogP contribution is -2.15. The van der Waals surface area contributed by atoms with Crippen molar-refractivity contribution in [3.63, 3.8) is 0 Å². The molecule has 0 aromatic heterocycles. The summed E-state index contributed by atoms with van der Waals surface area (Å²) in [7, 11) is 0. The van der Waals surface area contributed by atoms with E-state index >= 15 is 0 Å². The van der Waals surface area contributed by atoms with Crippen molar-refractivity contribution in [3.8, 4) is 0 Å². The maximum absolute atomic E-state index is 5.27. The molecule has 0 bridgehead atoms. The topological polar surface area (TPSA) is 27.7 Å². The van der Waals surface area contributed by atoms with Crippen LogP contribution in [0, 0.1) is 0 Å². The number of hydrogen-bond donors (Lipinski definition) is 0. The molecule has 0 aliphatic rings. The molecule has 0 aromatic rings. The van der Waals surface area contributed by atoms with Crippen LogP contribution in [0.25, 0.3) is 0 Å². The Morgan fingerprint density at radius 2 is 2.08 bits per heavy atom. The summed E-state index contributed by atoms with van der Waals surface area (Å²) in [6, 6.07) is 0. The van der Waals surface area contributed by atoms with Crippen LogP contribution in [0.5, 0.6) is 0 Å². The van der Waals surface area contributed by atoms with Crippen molar-refractivity contribution in [2.45, 2.75) is 20.1 Å². The van der Waals surface area contributed by atoms with E-state index in [0.717, 1.165) is 0 Å². The van der Waals surface area contributed by atoms with Crippen LogP contribution in [0.3, 0.4) is 0 Å². The summed E-state index contributed by atoms with van der Waals surface area (Å²) in [6.07, 6.45) is 5.08. The number of allylic oxidation sites excluding steroid dienone is 1. The van der Waals surface area contributed by atoms with Gasteiger partial charge >= 0.3 is 0 Å². The van der Waals surface area contributed by atoms with E-state index in [1.54, 1.807) is 0 Å². The third-order valence-corrected chi connectivity index (χ3v) is 1.33. The molecule has 0 heterocycles. The van der Waals surface area contributed by atoms with Gasteiger partial charge in [0.15, 0.2) is 6.29 Å². The highest BCUT2D eigenvalue weighted by Crippen LogP contribution is 1.93. The molecular weight excluding hydrogens is 168 g/mol. The molecule has 0 rings (SSSR count). The SMILES string of the molecule is C=COCCOC(C)OCC=CC. The van der Waals surface area contributed by atoms with Crippen LogP contribution < -0.4 is 0 Å². The quantitative estimate of drug-likeness (QED) is 0.251. The fourth-order valence-electron chi connectivity index (χ4n) is 0.681. The Balaban J connectivity index is 3.19. The van der Waals surface area contributed by atoms with Gasteiger partial charge in [0.2, 0.25) is 0 Å². The summed E-state index contributed by atoms with van der Waals surface area (Å²) in [6.45, 7) is 8.84. The van der Waals surface area contributed by atoms with Crippen molar-refractivity contribution >= 4 is 0 Å². The smallest absolute Gasteiger partial charge is 0.155 e. The Morgan fingerprint density at radius 3 is 2.69 bits per heavy atom. The van der Waals surface area contributed by atoms with Gasteiger partial charge in [-0.3, -0.25) is 0 Å². The van der Waals surface area contributed by atoms with E-state index in [9.17, 15) is 0 Å².